The van der Waals surface area contributed by atoms with Crippen LogP contribution in [0.25, 0.3) is 0 Å². The molecule has 0 saturated carbocycles. The lowest BCUT2D eigenvalue weighted by Gasteiger charge is -2.22. The fourth-order valence-corrected chi connectivity index (χ4v) is 1.82. The number of rotatable bonds is 2. The molecule has 0 radical (unpaired) electrons. The number of aliphatic hydroxyl groups excluding tert-OH is 1. The summed E-state index contributed by atoms with van der Waals surface area (Å²) in [5, 5.41) is 12.4. The molecule has 4 nitrogen and oxygen atoms in total. The van der Waals surface area contributed by atoms with Crippen molar-refractivity contribution < 1.29 is 9.84 Å². The molecule has 0 spiro atoms. The van der Waals surface area contributed by atoms with Gasteiger partial charge in [0.2, 0.25) is 0 Å². The highest BCUT2D eigenvalue weighted by Gasteiger charge is 2.26. The molecule has 0 amide bonds. The summed E-state index contributed by atoms with van der Waals surface area (Å²) in [5.41, 5.74) is -0.329. The first-order chi connectivity index (χ1) is 7.22. The topological polar surface area (TPSA) is 53.9 Å². The maximum Gasteiger partial charge on any atom is 0.121 e. The summed E-state index contributed by atoms with van der Waals surface area (Å²) in [7, 11) is 0. The lowest BCUT2D eigenvalue weighted by atomic mass is 10.1. The summed E-state index contributed by atoms with van der Waals surface area (Å²) in [6.07, 6.45) is 5.90. The molecule has 1 unspecified atom stereocenters. The molecule has 2 aliphatic heterocycles. The van der Waals surface area contributed by atoms with Crippen molar-refractivity contribution in [3.63, 3.8) is 0 Å². The Morgan fingerprint density at radius 1 is 1.60 bits per heavy atom. The van der Waals surface area contributed by atoms with E-state index in [4.69, 9.17) is 9.84 Å². The summed E-state index contributed by atoms with van der Waals surface area (Å²) < 4.78 is 5.28. The summed E-state index contributed by atoms with van der Waals surface area (Å²) in [6, 6.07) is 0.368. The second kappa shape index (κ2) is 4.33. The minimum atomic E-state index is -0.329. The van der Waals surface area contributed by atoms with Gasteiger partial charge in [0.1, 0.15) is 5.84 Å². The van der Waals surface area contributed by atoms with Gasteiger partial charge in [0.05, 0.1) is 18.2 Å². The van der Waals surface area contributed by atoms with Crippen molar-refractivity contribution >= 4 is 5.84 Å². The summed E-state index contributed by atoms with van der Waals surface area (Å²) >= 11 is 0. The zero-order valence-corrected chi connectivity index (χ0v) is 9.07. The molecule has 2 rings (SSSR count). The second-order valence-corrected chi connectivity index (χ2v) is 4.39. The molecule has 0 aromatic carbocycles. The van der Waals surface area contributed by atoms with Crippen LogP contribution in [0.5, 0.6) is 0 Å². The van der Waals surface area contributed by atoms with E-state index in [0.717, 1.165) is 31.9 Å². The van der Waals surface area contributed by atoms with Gasteiger partial charge in [0, 0.05) is 13.2 Å². The van der Waals surface area contributed by atoms with Crippen LogP contribution >= 0.6 is 0 Å². The normalized spacial score (nSPS) is 34.7. The number of hydrogen-bond donors (Lipinski definition) is 2. The monoisotopic (exact) mass is 210 g/mol. The van der Waals surface area contributed by atoms with Crippen LogP contribution in [-0.4, -0.2) is 42.3 Å². The molecule has 1 fully saturated rings. The Kier molecular flexibility index (Phi) is 3.07. The molecule has 1 saturated heterocycles. The third-order valence-electron chi connectivity index (χ3n) is 2.86. The lowest BCUT2D eigenvalue weighted by Crippen LogP contribution is -2.42. The average molecular weight is 210 g/mol. The van der Waals surface area contributed by atoms with Gasteiger partial charge in [-0.1, -0.05) is 6.08 Å². The molecule has 2 heterocycles. The number of aliphatic hydroxyl groups is 1. The van der Waals surface area contributed by atoms with Crippen molar-refractivity contribution in [1.82, 2.24) is 5.32 Å². The van der Waals surface area contributed by atoms with E-state index in [0.29, 0.717) is 6.04 Å². The van der Waals surface area contributed by atoms with Gasteiger partial charge >= 0.3 is 0 Å². The Hall–Kier alpha value is -0.870. The van der Waals surface area contributed by atoms with Crippen LogP contribution in [0.2, 0.25) is 0 Å². The van der Waals surface area contributed by atoms with Crippen LogP contribution in [0.1, 0.15) is 19.8 Å². The molecule has 0 bridgehead atoms. The van der Waals surface area contributed by atoms with E-state index in [1.165, 1.54) is 0 Å². The minimum absolute atomic E-state index is 0.0935. The number of nitrogens with one attached hydrogen (secondary N) is 1. The number of ether oxygens (including phenoxy) is 1. The molecular weight excluding hydrogens is 192 g/mol. The summed E-state index contributed by atoms with van der Waals surface area (Å²) in [5.74, 6) is 0.887. The third kappa shape index (κ3) is 2.58. The molecule has 4 heteroatoms. The first-order valence-corrected chi connectivity index (χ1v) is 5.46. The van der Waals surface area contributed by atoms with Crippen molar-refractivity contribution in [3.8, 4) is 0 Å². The molecular formula is C11H18N2O2. The zero-order chi connectivity index (χ0) is 10.7. The van der Waals surface area contributed by atoms with Gasteiger partial charge in [-0.15, -0.1) is 0 Å². The largest absolute Gasteiger partial charge is 0.394 e. The molecule has 0 aromatic heterocycles. The van der Waals surface area contributed by atoms with Gasteiger partial charge < -0.3 is 15.2 Å². The van der Waals surface area contributed by atoms with Gasteiger partial charge in [-0.2, -0.15) is 0 Å². The fourth-order valence-electron chi connectivity index (χ4n) is 1.82. The van der Waals surface area contributed by atoms with E-state index in [1.54, 1.807) is 0 Å². The van der Waals surface area contributed by atoms with Gasteiger partial charge in [0.15, 0.2) is 0 Å². The molecule has 2 aliphatic rings. The first-order valence-electron chi connectivity index (χ1n) is 5.46. The maximum atomic E-state index is 9.16. The standard InChI is InChI=1S/C11H18N2O2/c1-11(8-14)5-2-10(13-11)12-9-3-6-15-7-4-9/h2,5,9,14H,3-4,6-8H2,1H3,(H,12,13). The second-order valence-electron chi connectivity index (χ2n) is 4.39. The van der Waals surface area contributed by atoms with Crippen LogP contribution in [0, 0.1) is 0 Å². The van der Waals surface area contributed by atoms with Crippen molar-refractivity contribution in [2.45, 2.75) is 31.3 Å². The van der Waals surface area contributed by atoms with Crippen LogP contribution in [0.15, 0.2) is 17.1 Å². The molecule has 15 heavy (non-hydrogen) atoms. The number of nitrogens with zero attached hydrogens (tertiary/aromatic N) is 1. The average Bonchev–Trinajstić information content (AvgIpc) is 2.63. The van der Waals surface area contributed by atoms with E-state index >= 15 is 0 Å². The predicted molar refractivity (Wildman–Crippen MR) is 59.0 cm³/mol. The third-order valence-corrected chi connectivity index (χ3v) is 2.86. The van der Waals surface area contributed by atoms with Crippen LogP contribution < -0.4 is 5.32 Å². The minimum Gasteiger partial charge on any atom is -0.394 e. The number of aliphatic imine (C=N–C) groups is 1. The Morgan fingerprint density at radius 2 is 2.33 bits per heavy atom. The molecule has 2 N–H and O–H groups in total. The maximum absolute atomic E-state index is 9.16. The molecule has 1 atom stereocenters. The highest BCUT2D eigenvalue weighted by Crippen LogP contribution is 2.15. The van der Waals surface area contributed by atoms with Crippen molar-refractivity contribution in [3.05, 3.63) is 12.2 Å². The number of amidine groups is 1. The van der Waals surface area contributed by atoms with E-state index in [9.17, 15) is 0 Å². The lowest BCUT2D eigenvalue weighted by molar-refractivity contribution is 0.0870. The van der Waals surface area contributed by atoms with Gasteiger partial charge in [-0.25, -0.2) is 0 Å². The van der Waals surface area contributed by atoms with Crippen molar-refractivity contribution in [2.24, 2.45) is 4.99 Å². The van der Waals surface area contributed by atoms with E-state index in [-0.39, 0.29) is 12.1 Å². The Bertz CT molecular complexity index is 282. The highest BCUT2D eigenvalue weighted by atomic mass is 16.5. The van der Waals surface area contributed by atoms with Gasteiger partial charge in [-0.05, 0) is 25.8 Å². The number of hydrogen-bond acceptors (Lipinski definition) is 3. The van der Waals surface area contributed by atoms with Crippen LogP contribution in [-0.2, 0) is 4.74 Å². The van der Waals surface area contributed by atoms with E-state index < -0.39 is 0 Å². The predicted octanol–water partition coefficient (Wildman–Crippen LogP) is 0.474. The summed E-state index contributed by atoms with van der Waals surface area (Å²) in [4.78, 5) is 4.61. The fraction of sp³-hybridized carbons (Fsp3) is 0.727. The zero-order valence-electron chi connectivity index (χ0n) is 9.07. The van der Waals surface area contributed by atoms with E-state index in [2.05, 4.69) is 10.3 Å². The van der Waals surface area contributed by atoms with E-state index in [1.807, 2.05) is 19.1 Å². The summed E-state index contributed by atoms with van der Waals surface area (Å²) in [6.45, 7) is 3.66. The quantitative estimate of drug-likeness (QED) is 0.697. The highest BCUT2D eigenvalue weighted by molar-refractivity contribution is 5.96. The molecule has 0 aliphatic carbocycles. The molecule has 0 aromatic rings. The Balaban J connectivity index is 1.95. The van der Waals surface area contributed by atoms with Gasteiger partial charge in [0.25, 0.3) is 0 Å². The Morgan fingerprint density at radius 3 is 2.93 bits per heavy atom. The van der Waals surface area contributed by atoms with Crippen molar-refractivity contribution in [2.75, 3.05) is 19.8 Å². The van der Waals surface area contributed by atoms with Crippen LogP contribution in [0.3, 0.4) is 0 Å². The van der Waals surface area contributed by atoms with Crippen LogP contribution in [0.4, 0.5) is 0 Å². The SMILES string of the molecule is CC1(CO)C=CC(=NC2CCOCC2)N1. The van der Waals surface area contributed by atoms with Gasteiger partial charge in [-0.3, -0.25) is 4.99 Å². The smallest absolute Gasteiger partial charge is 0.121 e. The Labute approximate surface area is 90.0 Å². The molecule has 84 valence electrons. The van der Waals surface area contributed by atoms with Crippen molar-refractivity contribution in [1.29, 1.82) is 0 Å². The first kappa shape index (κ1) is 10.6.